The number of rotatable bonds is 9. The monoisotopic (exact) mass is 249 g/mol. The van der Waals surface area contributed by atoms with Crippen LogP contribution in [-0.2, 0) is 0 Å². The molecule has 102 valence electrons. The Balaban J connectivity index is 2.25. The number of nitrogens with one attached hydrogen (secondary N) is 1. The molecule has 0 aliphatic rings. The molecule has 0 bridgehead atoms. The molecule has 1 atom stereocenters. The van der Waals surface area contributed by atoms with Crippen molar-refractivity contribution in [2.24, 2.45) is 0 Å². The standard InChI is InChI=1S/C16H27NO/c1-4-5-6-7-8-12-17-14(2)15-10-9-11-16(13-15)18-3/h9-11,13-14,17H,4-8,12H2,1-3H3. The highest BCUT2D eigenvalue weighted by Crippen LogP contribution is 2.18. The highest BCUT2D eigenvalue weighted by Gasteiger charge is 2.04. The van der Waals surface area contributed by atoms with Gasteiger partial charge in [-0.05, 0) is 37.6 Å². The summed E-state index contributed by atoms with van der Waals surface area (Å²) >= 11 is 0. The Labute approximate surface area is 112 Å². The second-order valence-corrected chi connectivity index (χ2v) is 4.87. The minimum atomic E-state index is 0.395. The molecular formula is C16H27NO. The van der Waals surface area contributed by atoms with Gasteiger partial charge in [-0.1, -0.05) is 44.7 Å². The van der Waals surface area contributed by atoms with Gasteiger partial charge in [-0.3, -0.25) is 0 Å². The SMILES string of the molecule is CCCCCCCNC(C)c1cccc(OC)c1. The fourth-order valence-corrected chi connectivity index (χ4v) is 2.08. The lowest BCUT2D eigenvalue weighted by Crippen LogP contribution is -2.19. The molecule has 2 heteroatoms. The van der Waals surface area contributed by atoms with E-state index in [0.717, 1.165) is 12.3 Å². The lowest BCUT2D eigenvalue weighted by atomic mass is 10.1. The molecule has 0 aliphatic carbocycles. The van der Waals surface area contributed by atoms with Gasteiger partial charge >= 0.3 is 0 Å². The zero-order valence-corrected chi connectivity index (χ0v) is 12.0. The molecule has 1 aromatic carbocycles. The molecule has 1 N–H and O–H groups in total. The van der Waals surface area contributed by atoms with Crippen molar-refractivity contribution in [1.29, 1.82) is 0 Å². The summed E-state index contributed by atoms with van der Waals surface area (Å²) in [6.45, 7) is 5.56. The van der Waals surface area contributed by atoms with Crippen LogP contribution in [0.1, 0.15) is 57.6 Å². The van der Waals surface area contributed by atoms with Gasteiger partial charge in [0.1, 0.15) is 5.75 Å². The van der Waals surface area contributed by atoms with E-state index >= 15 is 0 Å². The van der Waals surface area contributed by atoms with Gasteiger partial charge in [-0.2, -0.15) is 0 Å². The van der Waals surface area contributed by atoms with Gasteiger partial charge in [0, 0.05) is 6.04 Å². The van der Waals surface area contributed by atoms with E-state index in [1.54, 1.807) is 7.11 Å². The number of hydrogen-bond donors (Lipinski definition) is 1. The van der Waals surface area contributed by atoms with Crippen molar-refractivity contribution in [3.8, 4) is 5.75 Å². The molecule has 0 heterocycles. The lowest BCUT2D eigenvalue weighted by Gasteiger charge is -2.15. The van der Waals surface area contributed by atoms with Crippen molar-refractivity contribution in [2.45, 2.75) is 52.0 Å². The Morgan fingerprint density at radius 1 is 1.17 bits per heavy atom. The molecule has 1 rings (SSSR count). The zero-order valence-electron chi connectivity index (χ0n) is 12.0. The van der Waals surface area contributed by atoms with Crippen molar-refractivity contribution < 1.29 is 4.74 Å². The van der Waals surface area contributed by atoms with Gasteiger partial charge in [0.15, 0.2) is 0 Å². The Hall–Kier alpha value is -1.02. The van der Waals surface area contributed by atoms with Crippen molar-refractivity contribution in [3.63, 3.8) is 0 Å². The third-order valence-electron chi connectivity index (χ3n) is 3.32. The first-order valence-electron chi connectivity index (χ1n) is 7.15. The van der Waals surface area contributed by atoms with Gasteiger partial charge in [0.25, 0.3) is 0 Å². The largest absolute Gasteiger partial charge is 0.497 e. The zero-order chi connectivity index (χ0) is 13.2. The summed E-state index contributed by atoms with van der Waals surface area (Å²) in [5.74, 6) is 0.934. The van der Waals surface area contributed by atoms with E-state index in [4.69, 9.17) is 4.74 Å². The summed E-state index contributed by atoms with van der Waals surface area (Å²) in [5.41, 5.74) is 1.29. The van der Waals surface area contributed by atoms with E-state index in [9.17, 15) is 0 Å². The first-order chi connectivity index (χ1) is 8.77. The van der Waals surface area contributed by atoms with Crippen LogP contribution >= 0.6 is 0 Å². The van der Waals surface area contributed by atoms with E-state index in [2.05, 4.69) is 31.3 Å². The van der Waals surface area contributed by atoms with Crippen LogP contribution in [0.2, 0.25) is 0 Å². The minimum absolute atomic E-state index is 0.395. The molecule has 1 unspecified atom stereocenters. The minimum Gasteiger partial charge on any atom is -0.497 e. The van der Waals surface area contributed by atoms with Crippen molar-refractivity contribution in [2.75, 3.05) is 13.7 Å². The summed E-state index contributed by atoms with van der Waals surface area (Å²) in [6.07, 6.45) is 6.66. The van der Waals surface area contributed by atoms with Crippen LogP contribution in [0.4, 0.5) is 0 Å². The van der Waals surface area contributed by atoms with Gasteiger partial charge in [0.05, 0.1) is 7.11 Å². The first kappa shape index (κ1) is 15.0. The van der Waals surface area contributed by atoms with Crippen molar-refractivity contribution >= 4 is 0 Å². The molecule has 0 saturated carbocycles. The van der Waals surface area contributed by atoms with Crippen LogP contribution in [-0.4, -0.2) is 13.7 Å². The van der Waals surface area contributed by atoms with Gasteiger partial charge in [-0.25, -0.2) is 0 Å². The maximum Gasteiger partial charge on any atom is 0.119 e. The normalized spacial score (nSPS) is 12.4. The molecule has 18 heavy (non-hydrogen) atoms. The summed E-state index contributed by atoms with van der Waals surface area (Å²) in [4.78, 5) is 0. The molecule has 0 saturated heterocycles. The molecular weight excluding hydrogens is 222 g/mol. The number of hydrogen-bond acceptors (Lipinski definition) is 2. The van der Waals surface area contributed by atoms with Crippen molar-refractivity contribution in [1.82, 2.24) is 5.32 Å². The number of methoxy groups -OCH3 is 1. The van der Waals surface area contributed by atoms with Crippen LogP contribution in [0.3, 0.4) is 0 Å². The third-order valence-corrected chi connectivity index (χ3v) is 3.32. The molecule has 0 aliphatic heterocycles. The van der Waals surface area contributed by atoms with Crippen LogP contribution in [0.15, 0.2) is 24.3 Å². The Morgan fingerprint density at radius 2 is 1.94 bits per heavy atom. The van der Waals surface area contributed by atoms with Gasteiger partial charge in [-0.15, -0.1) is 0 Å². The molecule has 0 aromatic heterocycles. The number of ether oxygens (including phenoxy) is 1. The number of unbranched alkanes of at least 4 members (excludes halogenated alkanes) is 4. The van der Waals surface area contributed by atoms with E-state index in [-0.39, 0.29) is 0 Å². The second-order valence-electron chi connectivity index (χ2n) is 4.87. The lowest BCUT2D eigenvalue weighted by molar-refractivity contribution is 0.413. The molecule has 0 radical (unpaired) electrons. The molecule has 2 nitrogen and oxygen atoms in total. The quantitative estimate of drug-likeness (QED) is 0.658. The van der Waals surface area contributed by atoms with E-state index in [1.807, 2.05) is 12.1 Å². The smallest absolute Gasteiger partial charge is 0.119 e. The average Bonchev–Trinajstić information content (AvgIpc) is 2.42. The van der Waals surface area contributed by atoms with Crippen molar-refractivity contribution in [3.05, 3.63) is 29.8 Å². The summed E-state index contributed by atoms with van der Waals surface area (Å²) < 4.78 is 5.25. The predicted molar refractivity (Wildman–Crippen MR) is 78.2 cm³/mol. The molecule has 1 aromatic rings. The maximum atomic E-state index is 5.25. The van der Waals surface area contributed by atoms with E-state index < -0.39 is 0 Å². The van der Waals surface area contributed by atoms with Crippen LogP contribution in [0, 0.1) is 0 Å². The second kappa shape index (κ2) is 8.98. The van der Waals surface area contributed by atoms with Crippen LogP contribution < -0.4 is 10.1 Å². The highest BCUT2D eigenvalue weighted by molar-refractivity contribution is 5.30. The summed E-state index contributed by atoms with van der Waals surface area (Å²) in [6, 6.07) is 8.69. The summed E-state index contributed by atoms with van der Waals surface area (Å²) in [7, 11) is 1.71. The molecule has 0 spiro atoms. The highest BCUT2D eigenvalue weighted by atomic mass is 16.5. The Morgan fingerprint density at radius 3 is 2.67 bits per heavy atom. The first-order valence-corrected chi connectivity index (χ1v) is 7.15. The topological polar surface area (TPSA) is 21.3 Å². The van der Waals surface area contributed by atoms with Crippen LogP contribution in [0.25, 0.3) is 0 Å². The summed E-state index contributed by atoms with van der Waals surface area (Å²) in [5, 5.41) is 3.57. The van der Waals surface area contributed by atoms with E-state index in [0.29, 0.717) is 6.04 Å². The van der Waals surface area contributed by atoms with Gasteiger partial charge < -0.3 is 10.1 Å². The fourth-order valence-electron chi connectivity index (χ4n) is 2.08. The average molecular weight is 249 g/mol. The van der Waals surface area contributed by atoms with Crippen LogP contribution in [0.5, 0.6) is 5.75 Å². The van der Waals surface area contributed by atoms with Gasteiger partial charge in [0.2, 0.25) is 0 Å². The van der Waals surface area contributed by atoms with E-state index in [1.165, 1.54) is 37.7 Å². The predicted octanol–water partition coefficient (Wildman–Crippen LogP) is 4.32. The Bertz CT molecular complexity index is 325. The Kier molecular flexibility index (Phi) is 7.51. The fraction of sp³-hybridized carbons (Fsp3) is 0.625. The molecule has 0 fully saturated rings. The molecule has 0 amide bonds. The maximum absolute atomic E-state index is 5.25. The third kappa shape index (κ3) is 5.54. The number of benzene rings is 1.